The normalized spacial score (nSPS) is 18.5. The van der Waals surface area contributed by atoms with Crippen LogP contribution < -0.4 is 0 Å². The Balaban J connectivity index is 2.40. The summed E-state index contributed by atoms with van der Waals surface area (Å²) < 4.78 is 0. The van der Waals surface area contributed by atoms with Crippen molar-refractivity contribution in [2.75, 3.05) is 13.1 Å². The molecular weight excluding hydrogens is 190 g/mol. The molecular formula is C12H23NO2. The predicted octanol–water partition coefficient (Wildman–Crippen LogP) is 2.22. The van der Waals surface area contributed by atoms with Crippen molar-refractivity contribution in [1.82, 2.24) is 4.90 Å². The maximum Gasteiger partial charge on any atom is 0.317 e. The molecule has 0 aliphatic heterocycles. The molecule has 0 saturated heterocycles. The third-order valence-corrected chi connectivity index (χ3v) is 2.93. The van der Waals surface area contributed by atoms with Crippen LogP contribution in [0.3, 0.4) is 0 Å². The molecule has 0 aromatic heterocycles. The van der Waals surface area contributed by atoms with Crippen molar-refractivity contribution in [3.8, 4) is 0 Å². The van der Waals surface area contributed by atoms with E-state index < -0.39 is 5.97 Å². The van der Waals surface area contributed by atoms with E-state index in [0.717, 1.165) is 12.5 Å². The average Bonchev–Trinajstić information content (AvgIpc) is 2.85. The molecule has 15 heavy (non-hydrogen) atoms. The van der Waals surface area contributed by atoms with Crippen LogP contribution in [0.5, 0.6) is 0 Å². The van der Waals surface area contributed by atoms with E-state index in [0.29, 0.717) is 12.0 Å². The first-order valence-corrected chi connectivity index (χ1v) is 5.95. The molecule has 0 aromatic carbocycles. The SMILES string of the molecule is CC(C)CN(CC(=O)O)C(C)CC1CC1. The number of carboxylic acid groups (broad SMARTS) is 1. The van der Waals surface area contributed by atoms with E-state index in [4.69, 9.17) is 5.11 Å². The highest BCUT2D eigenvalue weighted by Gasteiger charge is 2.27. The van der Waals surface area contributed by atoms with Gasteiger partial charge in [0.25, 0.3) is 0 Å². The molecule has 0 aromatic rings. The van der Waals surface area contributed by atoms with Crippen LogP contribution in [0.1, 0.15) is 40.0 Å². The number of aliphatic carboxylic acids is 1. The monoisotopic (exact) mass is 213 g/mol. The van der Waals surface area contributed by atoms with Gasteiger partial charge in [0.1, 0.15) is 0 Å². The van der Waals surface area contributed by atoms with Gasteiger partial charge in [-0.25, -0.2) is 0 Å². The molecule has 3 heteroatoms. The van der Waals surface area contributed by atoms with E-state index in [1.165, 1.54) is 19.3 Å². The summed E-state index contributed by atoms with van der Waals surface area (Å²) in [4.78, 5) is 12.9. The van der Waals surface area contributed by atoms with Crippen LogP contribution in [0, 0.1) is 11.8 Å². The molecule has 1 aliphatic rings. The number of carboxylic acids is 1. The molecule has 1 saturated carbocycles. The maximum atomic E-state index is 10.8. The van der Waals surface area contributed by atoms with Gasteiger partial charge in [0, 0.05) is 12.6 Å². The van der Waals surface area contributed by atoms with Gasteiger partial charge in [0.2, 0.25) is 0 Å². The van der Waals surface area contributed by atoms with Crippen LogP contribution in [-0.4, -0.2) is 35.1 Å². The molecule has 0 spiro atoms. The second-order valence-corrected chi connectivity index (χ2v) is 5.25. The predicted molar refractivity (Wildman–Crippen MR) is 60.8 cm³/mol. The number of hydrogen-bond donors (Lipinski definition) is 1. The first kappa shape index (κ1) is 12.5. The summed E-state index contributed by atoms with van der Waals surface area (Å²) in [6, 6.07) is 0.413. The van der Waals surface area contributed by atoms with E-state index in [-0.39, 0.29) is 6.54 Å². The van der Waals surface area contributed by atoms with Crippen molar-refractivity contribution in [3.05, 3.63) is 0 Å². The zero-order chi connectivity index (χ0) is 11.4. The maximum absolute atomic E-state index is 10.8. The zero-order valence-electron chi connectivity index (χ0n) is 10.1. The van der Waals surface area contributed by atoms with Crippen molar-refractivity contribution in [1.29, 1.82) is 0 Å². The molecule has 0 radical (unpaired) electrons. The van der Waals surface area contributed by atoms with Crippen LogP contribution in [0.2, 0.25) is 0 Å². The molecule has 3 nitrogen and oxygen atoms in total. The van der Waals surface area contributed by atoms with E-state index in [9.17, 15) is 4.79 Å². The Morgan fingerprint density at radius 2 is 2.00 bits per heavy atom. The van der Waals surface area contributed by atoms with Gasteiger partial charge < -0.3 is 5.11 Å². The number of nitrogens with zero attached hydrogens (tertiary/aromatic N) is 1. The molecule has 88 valence electrons. The highest BCUT2D eigenvalue weighted by atomic mass is 16.4. The molecule has 1 atom stereocenters. The van der Waals surface area contributed by atoms with Gasteiger partial charge in [-0.05, 0) is 25.2 Å². The van der Waals surface area contributed by atoms with Crippen LogP contribution in [0.4, 0.5) is 0 Å². The number of rotatable bonds is 7. The van der Waals surface area contributed by atoms with Gasteiger partial charge in [-0.2, -0.15) is 0 Å². The standard InChI is InChI=1S/C12H23NO2/c1-9(2)7-13(8-12(14)15)10(3)6-11-4-5-11/h9-11H,4-8H2,1-3H3,(H,14,15). The Morgan fingerprint density at radius 1 is 1.40 bits per heavy atom. The fourth-order valence-corrected chi connectivity index (χ4v) is 2.03. The van der Waals surface area contributed by atoms with E-state index in [1.54, 1.807) is 0 Å². The lowest BCUT2D eigenvalue weighted by Crippen LogP contribution is -2.40. The minimum Gasteiger partial charge on any atom is -0.480 e. The molecule has 1 unspecified atom stereocenters. The topological polar surface area (TPSA) is 40.5 Å². The fraction of sp³-hybridized carbons (Fsp3) is 0.917. The lowest BCUT2D eigenvalue weighted by molar-refractivity contribution is -0.139. The molecule has 0 amide bonds. The second kappa shape index (κ2) is 5.50. The van der Waals surface area contributed by atoms with Gasteiger partial charge in [-0.1, -0.05) is 26.7 Å². The first-order chi connectivity index (χ1) is 6.99. The number of hydrogen-bond acceptors (Lipinski definition) is 2. The fourth-order valence-electron chi connectivity index (χ4n) is 2.03. The van der Waals surface area contributed by atoms with E-state index in [1.807, 2.05) is 0 Å². The van der Waals surface area contributed by atoms with Crippen LogP contribution in [0.25, 0.3) is 0 Å². The van der Waals surface area contributed by atoms with Crippen LogP contribution in [0.15, 0.2) is 0 Å². The highest BCUT2D eigenvalue weighted by molar-refractivity contribution is 5.69. The summed E-state index contributed by atoms with van der Waals surface area (Å²) in [5, 5.41) is 8.85. The first-order valence-electron chi connectivity index (χ1n) is 5.95. The Bertz CT molecular complexity index is 212. The van der Waals surface area contributed by atoms with Crippen molar-refractivity contribution in [2.24, 2.45) is 11.8 Å². The Labute approximate surface area is 92.5 Å². The zero-order valence-corrected chi connectivity index (χ0v) is 10.1. The Hall–Kier alpha value is -0.570. The summed E-state index contributed by atoms with van der Waals surface area (Å²) in [6.07, 6.45) is 3.85. The van der Waals surface area contributed by atoms with Crippen molar-refractivity contribution < 1.29 is 9.90 Å². The van der Waals surface area contributed by atoms with E-state index in [2.05, 4.69) is 25.7 Å². The largest absolute Gasteiger partial charge is 0.480 e. The summed E-state index contributed by atoms with van der Waals surface area (Å²) in [5.74, 6) is 0.688. The summed E-state index contributed by atoms with van der Waals surface area (Å²) in [7, 11) is 0. The van der Waals surface area contributed by atoms with Gasteiger partial charge >= 0.3 is 5.97 Å². The quantitative estimate of drug-likeness (QED) is 0.705. The Kier molecular flexibility index (Phi) is 4.58. The molecule has 1 N–H and O–H groups in total. The molecule has 0 bridgehead atoms. The average molecular weight is 213 g/mol. The van der Waals surface area contributed by atoms with E-state index >= 15 is 0 Å². The van der Waals surface area contributed by atoms with Crippen molar-refractivity contribution in [2.45, 2.75) is 46.1 Å². The smallest absolute Gasteiger partial charge is 0.317 e. The minimum atomic E-state index is -0.710. The lowest BCUT2D eigenvalue weighted by Gasteiger charge is -2.29. The second-order valence-electron chi connectivity index (χ2n) is 5.25. The van der Waals surface area contributed by atoms with Gasteiger partial charge in [-0.3, -0.25) is 9.69 Å². The highest BCUT2D eigenvalue weighted by Crippen LogP contribution is 2.34. The van der Waals surface area contributed by atoms with Gasteiger partial charge in [-0.15, -0.1) is 0 Å². The number of carbonyl (C=O) groups is 1. The molecule has 0 heterocycles. The van der Waals surface area contributed by atoms with Crippen LogP contribution >= 0.6 is 0 Å². The minimum absolute atomic E-state index is 0.187. The molecule has 1 fully saturated rings. The van der Waals surface area contributed by atoms with Gasteiger partial charge in [0.05, 0.1) is 6.54 Å². The molecule has 1 rings (SSSR count). The third kappa shape index (κ3) is 5.17. The van der Waals surface area contributed by atoms with Crippen LogP contribution in [-0.2, 0) is 4.79 Å². The lowest BCUT2D eigenvalue weighted by atomic mass is 10.1. The Morgan fingerprint density at radius 3 is 2.40 bits per heavy atom. The summed E-state index contributed by atoms with van der Waals surface area (Å²) in [5.41, 5.74) is 0. The van der Waals surface area contributed by atoms with Crippen molar-refractivity contribution >= 4 is 5.97 Å². The third-order valence-electron chi connectivity index (χ3n) is 2.93. The summed E-state index contributed by atoms with van der Waals surface area (Å²) in [6.45, 7) is 7.51. The van der Waals surface area contributed by atoms with Gasteiger partial charge in [0.15, 0.2) is 0 Å². The summed E-state index contributed by atoms with van der Waals surface area (Å²) >= 11 is 0. The van der Waals surface area contributed by atoms with Crippen molar-refractivity contribution in [3.63, 3.8) is 0 Å². The molecule has 1 aliphatic carbocycles.